The second-order valence-electron chi connectivity index (χ2n) is 5.10. The van der Waals surface area contributed by atoms with E-state index in [2.05, 4.69) is 26.1 Å². The molecule has 0 aliphatic rings. The van der Waals surface area contributed by atoms with Crippen LogP contribution in [-0.4, -0.2) is 18.6 Å². The number of hydrogen-bond donors (Lipinski definition) is 2. The number of carbonyl (C=O) groups excluding carboxylic acids is 1. The Morgan fingerprint density at radius 2 is 1.85 bits per heavy atom. The van der Waals surface area contributed by atoms with Gasteiger partial charge >= 0.3 is 0 Å². The lowest BCUT2D eigenvalue weighted by molar-refractivity contribution is -0.122. The minimum atomic E-state index is 0.0415. The van der Waals surface area contributed by atoms with Gasteiger partial charge in [0.25, 0.3) is 0 Å². The number of hydrogen-bond acceptors (Lipinski definition) is 3. The van der Waals surface area contributed by atoms with Crippen molar-refractivity contribution in [2.24, 2.45) is 5.92 Å². The van der Waals surface area contributed by atoms with Gasteiger partial charge in [-0.1, -0.05) is 26.7 Å². The molecular weight excluding hydrogens is 252 g/mol. The van der Waals surface area contributed by atoms with Gasteiger partial charge in [0.2, 0.25) is 5.91 Å². The fourth-order valence-electron chi connectivity index (χ4n) is 2.27. The molecule has 1 rings (SSSR count). The topological polar surface area (TPSA) is 64.3 Å². The number of rotatable bonds is 8. The third-order valence-corrected chi connectivity index (χ3v) is 3.62. The van der Waals surface area contributed by atoms with E-state index in [1.807, 2.05) is 0 Å². The fraction of sp³-hybridized carbons (Fsp3) is 0.562. The van der Waals surface area contributed by atoms with Crippen molar-refractivity contribution in [2.45, 2.75) is 46.1 Å². The first-order valence-electron chi connectivity index (χ1n) is 7.34. The van der Waals surface area contributed by atoms with Gasteiger partial charge in [-0.15, -0.1) is 0 Å². The highest BCUT2D eigenvalue weighted by atomic mass is 16.5. The molecule has 4 nitrogen and oxygen atoms in total. The van der Waals surface area contributed by atoms with Crippen LogP contribution < -0.4 is 15.8 Å². The smallest absolute Gasteiger partial charge is 0.223 e. The lowest BCUT2D eigenvalue weighted by Gasteiger charge is -2.22. The Labute approximate surface area is 121 Å². The van der Waals surface area contributed by atoms with Gasteiger partial charge in [0.05, 0.1) is 13.0 Å². The SMILES string of the molecule is CCC(CC)C(C)NC(=O)CCOc1ccc(N)cc1. The highest BCUT2D eigenvalue weighted by Gasteiger charge is 2.15. The van der Waals surface area contributed by atoms with Crippen LogP contribution in [0.15, 0.2) is 24.3 Å². The van der Waals surface area contributed by atoms with Crippen molar-refractivity contribution in [2.75, 3.05) is 12.3 Å². The first-order chi connectivity index (χ1) is 9.56. The van der Waals surface area contributed by atoms with E-state index in [9.17, 15) is 4.79 Å². The zero-order valence-corrected chi connectivity index (χ0v) is 12.7. The summed E-state index contributed by atoms with van der Waals surface area (Å²) in [7, 11) is 0. The highest BCUT2D eigenvalue weighted by Crippen LogP contribution is 2.14. The minimum absolute atomic E-state index is 0.0415. The van der Waals surface area contributed by atoms with Crippen LogP contribution in [-0.2, 0) is 4.79 Å². The third-order valence-electron chi connectivity index (χ3n) is 3.62. The van der Waals surface area contributed by atoms with Crippen molar-refractivity contribution in [1.82, 2.24) is 5.32 Å². The number of amides is 1. The molecule has 0 radical (unpaired) electrons. The van der Waals surface area contributed by atoms with Gasteiger partial charge < -0.3 is 15.8 Å². The summed E-state index contributed by atoms with van der Waals surface area (Å²) in [6, 6.07) is 7.39. The summed E-state index contributed by atoms with van der Waals surface area (Å²) in [5.74, 6) is 1.32. The Kier molecular flexibility index (Phi) is 6.91. The van der Waals surface area contributed by atoms with Gasteiger partial charge in [0, 0.05) is 11.7 Å². The van der Waals surface area contributed by atoms with E-state index in [0.29, 0.717) is 24.6 Å². The van der Waals surface area contributed by atoms with Crippen molar-refractivity contribution in [1.29, 1.82) is 0 Å². The Hall–Kier alpha value is -1.71. The maximum atomic E-state index is 11.8. The van der Waals surface area contributed by atoms with Crippen LogP contribution in [0.25, 0.3) is 0 Å². The molecule has 0 aromatic heterocycles. The summed E-state index contributed by atoms with van der Waals surface area (Å²) in [5.41, 5.74) is 6.30. The van der Waals surface area contributed by atoms with Gasteiger partial charge in [0.15, 0.2) is 0 Å². The van der Waals surface area contributed by atoms with E-state index in [1.165, 1.54) is 0 Å². The molecule has 0 heterocycles. The van der Waals surface area contributed by atoms with Crippen LogP contribution in [0.3, 0.4) is 0 Å². The Morgan fingerprint density at radius 3 is 2.40 bits per heavy atom. The average Bonchev–Trinajstić information content (AvgIpc) is 2.42. The molecule has 112 valence electrons. The molecule has 0 saturated heterocycles. The molecule has 0 fully saturated rings. The summed E-state index contributed by atoms with van der Waals surface area (Å²) in [4.78, 5) is 11.8. The average molecular weight is 278 g/mol. The predicted molar refractivity (Wildman–Crippen MR) is 82.6 cm³/mol. The van der Waals surface area contributed by atoms with Crippen LogP contribution >= 0.6 is 0 Å². The van der Waals surface area contributed by atoms with Gasteiger partial charge in [-0.2, -0.15) is 0 Å². The van der Waals surface area contributed by atoms with Crippen molar-refractivity contribution in [3.05, 3.63) is 24.3 Å². The normalized spacial score (nSPS) is 12.2. The van der Waals surface area contributed by atoms with Gasteiger partial charge in [-0.25, -0.2) is 0 Å². The Morgan fingerprint density at radius 1 is 1.25 bits per heavy atom. The van der Waals surface area contributed by atoms with Crippen molar-refractivity contribution in [3.8, 4) is 5.75 Å². The van der Waals surface area contributed by atoms with Crippen LogP contribution in [0.4, 0.5) is 5.69 Å². The largest absolute Gasteiger partial charge is 0.493 e. The first kappa shape index (κ1) is 16.3. The standard InChI is InChI=1S/C16H26N2O2/c1-4-13(5-2)12(3)18-16(19)10-11-20-15-8-6-14(17)7-9-15/h6-9,12-13H,4-5,10-11,17H2,1-3H3,(H,18,19). The zero-order valence-electron chi connectivity index (χ0n) is 12.7. The molecule has 0 bridgehead atoms. The van der Waals surface area contributed by atoms with E-state index in [1.54, 1.807) is 24.3 Å². The molecule has 0 spiro atoms. The van der Waals surface area contributed by atoms with E-state index in [-0.39, 0.29) is 11.9 Å². The molecule has 1 atom stereocenters. The summed E-state index contributed by atoms with van der Waals surface area (Å²) in [6.45, 7) is 6.75. The molecule has 0 saturated carbocycles. The summed E-state index contributed by atoms with van der Waals surface area (Å²) in [5, 5.41) is 3.04. The first-order valence-corrected chi connectivity index (χ1v) is 7.34. The molecular formula is C16H26N2O2. The molecule has 1 aromatic carbocycles. The molecule has 20 heavy (non-hydrogen) atoms. The molecule has 0 aliphatic heterocycles. The number of nitrogens with two attached hydrogens (primary N) is 1. The van der Waals surface area contributed by atoms with E-state index >= 15 is 0 Å². The van der Waals surface area contributed by atoms with E-state index in [0.717, 1.165) is 18.6 Å². The number of nitrogens with one attached hydrogen (secondary N) is 1. The lowest BCUT2D eigenvalue weighted by Crippen LogP contribution is -2.38. The molecule has 1 unspecified atom stereocenters. The summed E-state index contributed by atoms with van der Waals surface area (Å²) < 4.78 is 5.51. The second-order valence-corrected chi connectivity index (χ2v) is 5.10. The molecule has 3 N–H and O–H groups in total. The maximum Gasteiger partial charge on any atom is 0.223 e. The van der Waals surface area contributed by atoms with Crippen molar-refractivity contribution >= 4 is 11.6 Å². The van der Waals surface area contributed by atoms with Crippen LogP contribution in [0, 0.1) is 5.92 Å². The number of anilines is 1. The Bertz CT molecular complexity index is 399. The van der Waals surface area contributed by atoms with E-state index < -0.39 is 0 Å². The predicted octanol–water partition coefficient (Wildman–Crippen LogP) is 2.98. The molecule has 4 heteroatoms. The van der Waals surface area contributed by atoms with Gasteiger partial charge in [-0.05, 0) is 37.1 Å². The second kappa shape index (κ2) is 8.46. The molecule has 1 aromatic rings. The van der Waals surface area contributed by atoms with Gasteiger partial charge in [0.1, 0.15) is 5.75 Å². The van der Waals surface area contributed by atoms with Crippen LogP contribution in [0.5, 0.6) is 5.75 Å². The summed E-state index contributed by atoms with van der Waals surface area (Å²) in [6.07, 6.45) is 2.54. The fourth-order valence-corrected chi connectivity index (χ4v) is 2.27. The molecule has 1 amide bonds. The highest BCUT2D eigenvalue weighted by molar-refractivity contribution is 5.76. The minimum Gasteiger partial charge on any atom is -0.493 e. The Balaban J connectivity index is 2.27. The number of carbonyl (C=O) groups is 1. The maximum absolute atomic E-state index is 11.8. The van der Waals surface area contributed by atoms with Crippen LogP contribution in [0.2, 0.25) is 0 Å². The number of nitrogen functional groups attached to an aromatic ring is 1. The lowest BCUT2D eigenvalue weighted by atomic mass is 9.95. The zero-order chi connectivity index (χ0) is 15.0. The van der Waals surface area contributed by atoms with Crippen molar-refractivity contribution in [3.63, 3.8) is 0 Å². The quantitative estimate of drug-likeness (QED) is 0.718. The van der Waals surface area contributed by atoms with Gasteiger partial charge in [-0.3, -0.25) is 4.79 Å². The van der Waals surface area contributed by atoms with Crippen molar-refractivity contribution < 1.29 is 9.53 Å². The van der Waals surface area contributed by atoms with E-state index in [4.69, 9.17) is 10.5 Å². The van der Waals surface area contributed by atoms with Crippen LogP contribution in [0.1, 0.15) is 40.0 Å². The number of ether oxygens (including phenoxy) is 1. The molecule has 0 aliphatic carbocycles. The summed E-state index contributed by atoms with van der Waals surface area (Å²) >= 11 is 0. The monoisotopic (exact) mass is 278 g/mol. The number of benzene rings is 1. The third kappa shape index (κ3) is 5.51.